The summed E-state index contributed by atoms with van der Waals surface area (Å²) in [5, 5.41) is 0.588. The summed E-state index contributed by atoms with van der Waals surface area (Å²) in [6.07, 6.45) is 0. The maximum atomic E-state index is 5.81. The first-order valence-electron chi connectivity index (χ1n) is 2.90. The molecule has 53 valence electrons. The van der Waals surface area contributed by atoms with E-state index in [0.717, 1.165) is 5.56 Å². The van der Waals surface area contributed by atoms with Crippen LogP contribution in [0.1, 0.15) is 5.56 Å². The molecule has 0 aliphatic heterocycles. The second-order valence-electron chi connectivity index (χ2n) is 1.93. The van der Waals surface area contributed by atoms with Crippen molar-refractivity contribution >= 4 is 11.6 Å². The lowest BCUT2D eigenvalue weighted by Crippen LogP contribution is -1.84. The van der Waals surface area contributed by atoms with Crippen LogP contribution in [-0.4, -0.2) is 7.11 Å². The Labute approximate surface area is 65.6 Å². The van der Waals surface area contributed by atoms with Crippen molar-refractivity contribution in [2.75, 3.05) is 7.11 Å². The van der Waals surface area contributed by atoms with Crippen LogP contribution in [0.3, 0.4) is 0 Å². The number of methoxy groups -OCH3 is 1. The Hall–Kier alpha value is -0.690. The van der Waals surface area contributed by atoms with Crippen molar-refractivity contribution < 1.29 is 4.74 Å². The number of ether oxygens (including phenoxy) is 1. The van der Waals surface area contributed by atoms with Gasteiger partial charge in [0, 0.05) is 0 Å². The zero-order valence-electron chi connectivity index (χ0n) is 5.73. The fraction of sp³-hybridized carbons (Fsp3) is 0.125. The molecule has 0 saturated carbocycles. The second-order valence-corrected chi connectivity index (χ2v) is 2.31. The number of halogens is 1. The molecule has 1 aromatic carbocycles. The third-order valence-corrected chi connectivity index (χ3v) is 1.69. The number of rotatable bonds is 1. The molecule has 0 fully saturated rings. The van der Waals surface area contributed by atoms with Gasteiger partial charge in [-0.15, -0.1) is 0 Å². The van der Waals surface area contributed by atoms with Crippen molar-refractivity contribution in [3.63, 3.8) is 0 Å². The van der Waals surface area contributed by atoms with E-state index in [-0.39, 0.29) is 0 Å². The molecule has 0 amide bonds. The highest BCUT2D eigenvalue weighted by molar-refractivity contribution is 6.32. The van der Waals surface area contributed by atoms with Crippen molar-refractivity contribution in [3.05, 3.63) is 35.7 Å². The van der Waals surface area contributed by atoms with E-state index in [1.807, 2.05) is 12.1 Å². The predicted octanol–water partition coefficient (Wildman–Crippen LogP) is 2.53. The van der Waals surface area contributed by atoms with E-state index in [9.17, 15) is 0 Å². The largest absolute Gasteiger partial charge is 0.495 e. The van der Waals surface area contributed by atoms with Gasteiger partial charge in [0.2, 0.25) is 0 Å². The maximum absolute atomic E-state index is 5.81. The Bertz CT molecular complexity index is 233. The third-order valence-electron chi connectivity index (χ3n) is 1.26. The van der Waals surface area contributed by atoms with E-state index in [0.29, 0.717) is 10.8 Å². The summed E-state index contributed by atoms with van der Waals surface area (Å²) >= 11 is 5.81. The fourth-order valence-electron chi connectivity index (χ4n) is 0.714. The van der Waals surface area contributed by atoms with Gasteiger partial charge < -0.3 is 4.74 Å². The SMILES string of the molecule is [CH2]c1cccc(OC)c1Cl. The zero-order chi connectivity index (χ0) is 7.56. The molecule has 0 atom stereocenters. The zero-order valence-corrected chi connectivity index (χ0v) is 6.48. The van der Waals surface area contributed by atoms with E-state index in [4.69, 9.17) is 16.3 Å². The Morgan fingerprint density at radius 3 is 2.70 bits per heavy atom. The monoisotopic (exact) mass is 155 g/mol. The Morgan fingerprint density at radius 2 is 2.20 bits per heavy atom. The molecule has 1 nitrogen and oxygen atoms in total. The minimum Gasteiger partial charge on any atom is -0.495 e. The van der Waals surface area contributed by atoms with Gasteiger partial charge in [0.25, 0.3) is 0 Å². The Kier molecular flexibility index (Phi) is 2.17. The van der Waals surface area contributed by atoms with Gasteiger partial charge in [0.05, 0.1) is 12.1 Å². The van der Waals surface area contributed by atoms with Crippen molar-refractivity contribution in [1.29, 1.82) is 0 Å². The van der Waals surface area contributed by atoms with Gasteiger partial charge in [-0.2, -0.15) is 0 Å². The van der Waals surface area contributed by atoms with E-state index < -0.39 is 0 Å². The van der Waals surface area contributed by atoms with Crippen LogP contribution in [0.15, 0.2) is 18.2 Å². The van der Waals surface area contributed by atoms with E-state index in [1.165, 1.54) is 0 Å². The lowest BCUT2D eigenvalue weighted by molar-refractivity contribution is 0.415. The van der Waals surface area contributed by atoms with Crippen LogP contribution in [-0.2, 0) is 0 Å². The van der Waals surface area contributed by atoms with Crippen LogP contribution in [0, 0.1) is 6.92 Å². The highest BCUT2D eigenvalue weighted by atomic mass is 35.5. The molecule has 10 heavy (non-hydrogen) atoms. The molecule has 1 rings (SSSR count). The summed E-state index contributed by atoms with van der Waals surface area (Å²) in [4.78, 5) is 0. The van der Waals surface area contributed by atoms with E-state index in [2.05, 4.69) is 6.92 Å². The van der Waals surface area contributed by atoms with Crippen molar-refractivity contribution in [1.82, 2.24) is 0 Å². The summed E-state index contributed by atoms with van der Waals surface area (Å²) in [6.45, 7) is 3.72. The lowest BCUT2D eigenvalue weighted by atomic mass is 10.2. The summed E-state index contributed by atoms with van der Waals surface area (Å²) in [7, 11) is 1.58. The van der Waals surface area contributed by atoms with Crippen LogP contribution >= 0.6 is 11.6 Å². The molecule has 0 unspecified atom stereocenters. The fourth-order valence-corrected chi connectivity index (χ4v) is 0.917. The molecule has 0 heterocycles. The molecular formula is C8H8ClO. The van der Waals surface area contributed by atoms with Gasteiger partial charge >= 0.3 is 0 Å². The van der Waals surface area contributed by atoms with Gasteiger partial charge in [-0.05, 0) is 18.6 Å². The molecule has 0 aliphatic carbocycles. The lowest BCUT2D eigenvalue weighted by Gasteiger charge is -2.03. The maximum Gasteiger partial charge on any atom is 0.137 e. The first kappa shape index (κ1) is 7.42. The molecule has 0 saturated heterocycles. The van der Waals surface area contributed by atoms with Crippen LogP contribution in [0.5, 0.6) is 5.75 Å². The molecule has 0 spiro atoms. The van der Waals surface area contributed by atoms with Crippen molar-refractivity contribution in [2.45, 2.75) is 0 Å². The predicted molar refractivity (Wildman–Crippen MR) is 42.5 cm³/mol. The van der Waals surface area contributed by atoms with Crippen molar-refractivity contribution in [2.24, 2.45) is 0 Å². The summed E-state index contributed by atoms with van der Waals surface area (Å²) < 4.78 is 4.95. The molecule has 2 heteroatoms. The molecule has 0 aromatic heterocycles. The highest BCUT2D eigenvalue weighted by Gasteiger charge is 2.00. The van der Waals surface area contributed by atoms with Gasteiger partial charge in [-0.3, -0.25) is 0 Å². The Morgan fingerprint density at radius 1 is 1.50 bits per heavy atom. The standard InChI is InChI=1S/C8H8ClO/c1-6-4-3-5-7(10-2)8(6)9/h3-5H,1H2,2H3. The number of hydrogen-bond acceptors (Lipinski definition) is 1. The summed E-state index contributed by atoms with van der Waals surface area (Å²) in [5.74, 6) is 0.675. The van der Waals surface area contributed by atoms with Gasteiger partial charge in [-0.1, -0.05) is 23.7 Å². The van der Waals surface area contributed by atoms with Gasteiger partial charge in [0.15, 0.2) is 0 Å². The minimum absolute atomic E-state index is 0.588. The van der Waals surface area contributed by atoms with Crippen LogP contribution < -0.4 is 4.74 Å². The quantitative estimate of drug-likeness (QED) is 0.606. The molecule has 0 bridgehead atoms. The smallest absolute Gasteiger partial charge is 0.137 e. The van der Waals surface area contributed by atoms with Gasteiger partial charge in [-0.25, -0.2) is 0 Å². The third kappa shape index (κ3) is 1.24. The van der Waals surface area contributed by atoms with E-state index >= 15 is 0 Å². The summed E-state index contributed by atoms with van der Waals surface area (Å²) in [5.41, 5.74) is 0.793. The van der Waals surface area contributed by atoms with Crippen LogP contribution in [0.4, 0.5) is 0 Å². The highest BCUT2D eigenvalue weighted by Crippen LogP contribution is 2.26. The number of hydrogen-bond donors (Lipinski definition) is 0. The minimum atomic E-state index is 0.588. The second kappa shape index (κ2) is 2.93. The molecule has 1 aromatic rings. The molecule has 1 radical (unpaired) electrons. The summed E-state index contributed by atoms with van der Waals surface area (Å²) in [6, 6.07) is 5.49. The first-order chi connectivity index (χ1) is 4.75. The van der Waals surface area contributed by atoms with Crippen LogP contribution in [0.2, 0.25) is 5.02 Å². The average Bonchev–Trinajstić information content (AvgIpc) is 1.95. The molecule has 0 aliphatic rings. The average molecular weight is 156 g/mol. The Balaban J connectivity index is 3.14. The molecular weight excluding hydrogens is 148 g/mol. The molecule has 0 N–H and O–H groups in total. The van der Waals surface area contributed by atoms with Crippen LogP contribution in [0.25, 0.3) is 0 Å². The first-order valence-corrected chi connectivity index (χ1v) is 3.28. The van der Waals surface area contributed by atoms with E-state index in [1.54, 1.807) is 13.2 Å². The number of benzene rings is 1. The topological polar surface area (TPSA) is 9.23 Å². The van der Waals surface area contributed by atoms with Crippen molar-refractivity contribution in [3.8, 4) is 5.75 Å². The van der Waals surface area contributed by atoms with Gasteiger partial charge in [0.1, 0.15) is 5.75 Å². The normalized spacial score (nSPS) is 9.50.